The molecule has 2 unspecified atom stereocenters. The van der Waals surface area contributed by atoms with Gasteiger partial charge in [-0.3, -0.25) is 0 Å². The van der Waals surface area contributed by atoms with Gasteiger partial charge in [0.25, 0.3) is 0 Å². The highest BCUT2D eigenvalue weighted by atomic mass is 32.2. The van der Waals surface area contributed by atoms with Crippen LogP contribution in [0.4, 0.5) is 0 Å². The standard InChI is InChI=1S/C9H21NO3S/c1-5-9(13-3)8(10-2)6-7-14(4,11)12/h8-10H,5-7H2,1-4H3. The molecule has 0 aromatic rings. The van der Waals surface area contributed by atoms with Crippen molar-refractivity contribution < 1.29 is 13.2 Å². The lowest BCUT2D eigenvalue weighted by Crippen LogP contribution is -2.39. The summed E-state index contributed by atoms with van der Waals surface area (Å²) in [6.45, 7) is 2.03. The summed E-state index contributed by atoms with van der Waals surface area (Å²) in [5.74, 6) is 0.207. The summed E-state index contributed by atoms with van der Waals surface area (Å²) in [6.07, 6.45) is 2.82. The zero-order chi connectivity index (χ0) is 11.2. The average Bonchev–Trinajstić information content (AvgIpc) is 2.10. The quantitative estimate of drug-likeness (QED) is 0.680. The predicted octanol–water partition coefficient (Wildman–Crippen LogP) is 0.434. The maximum atomic E-state index is 11.0. The SMILES string of the molecule is CCC(OC)C(CCS(C)(=O)=O)NC. The summed E-state index contributed by atoms with van der Waals surface area (Å²) in [5, 5.41) is 3.09. The van der Waals surface area contributed by atoms with Gasteiger partial charge in [-0.2, -0.15) is 0 Å². The van der Waals surface area contributed by atoms with Crippen molar-refractivity contribution >= 4 is 9.84 Å². The minimum absolute atomic E-state index is 0.0850. The molecule has 0 heterocycles. The Labute approximate surface area is 86.9 Å². The Bertz CT molecular complexity index is 234. The molecule has 0 amide bonds. The normalized spacial score (nSPS) is 16.6. The fraction of sp³-hybridized carbons (Fsp3) is 1.00. The Hall–Kier alpha value is -0.130. The summed E-state index contributed by atoms with van der Waals surface area (Å²) in [7, 11) is 0.605. The number of rotatable bonds is 7. The van der Waals surface area contributed by atoms with Crippen molar-refractivity contribution in [3.63, 3.8) is 0 Å². The van der Waals surface area contributed by atoms with Gasteiger partial charge in [0.1, 0.15) is 9.84 Å². The average molecular weight is 223 g/mol. The molecule has 4 nitrogen and oxygen atoms in total. The molecule has 0 radical (unpaired) electrons. The third-order valence-electron chi connectivity index (χ3n) is 2.32. The van der Waals surface area contributed by atoms with E-state index in [4.69, 9.17) is 4.74 Å². The van der Waals surface area contributed by atoms with Gasteiger partial charge in [0.15, 0.2) is 0 Å². The number of sulfone groups is 1. The first-order chi connectivity index (χ1) is 6.44. The highest BCUT2D eigenvalue weighted by Crippen LogP contribution is 2.07. The van der Waals surface area contributed by atoms with Gasteiger partial charge in [0, 0.05) is 19.4 Å². The first kappa shape index (κ1) is 13.9. The molecule has 2 atom stereocenters. The largest absolute Gasteiger partial charge is 0.380 e. The lowest BCUT2D eigenvalue weighted by Gasteiger charge is -2.24. The van der Waals surface area contributed by atoms with Crippen LogP contribution in [0.25, 0.3) is 0 Å². The van der Waals surface area contributed by atoms with Crippen molar-refractivity contribution in [2.24, 2.45) is 0 Å². The number of ether oxygens (including phenoxy) is 1. The molecule has 0 fully saturated rings. The van der Waals surface area contributed by atoms with Crippen LogP contribution in [-0.2, 0) is 14.6 Å². The van der Waals surface area contributed by atoms with E-state index in [1.165, 1.54) is 6.26 Å². The topological polar surface area (TPSA) is 55.4 Å². The van der Waals surface area contributed by atoms with E-state index in [-0.39, 0.29) is 17.9 Å². The van der Waals surface area contributed by atoms with Gasteiger partial charge in [-0.25, -0.2) is 8.42 Å². The molecular formula is C9H21NO3S. The van der Waals surface area contributed by atoms with Crippen LogP contribution in [0.15, 0.2) is 0 Å². The van der Waals surface area contributed by atoms with Gasteiger partial charge in [0.2, 0.25) is 0 Å². The predicted molar refractivity (Wildman–Crippen MR) is 58.3 cm³/mol. The van der Waals surface area contributed by atoms with E-state index in [2.05, 4.69) is 5.32 Å². The van der Waals surface area contributed by atoms with Crippen molar-refractivity contribution in [2.45, 2.75) is 31.9 Å². The lowest BCUT2D eigenvalue weighted by molar-refractivity contribution is 0.0668. The number of likely N-dealkylation sites (N-methyl/N-ethyl adjacent to an activating group) is 1. The fourth-order valence-corrected chi connectivity index (χ4v) is 2.15. The van der Waals surface area contributed by atoms with Crippen LogP contribution in [0.5, 0.6) is 0 Å². The van der Waals surface area contributed by atoms with Crippen LogP contribution in [-0.4, -0.2) is 46.7 Å². The van der Waals surface area contributed by atoms with Crippen LogP contribution in [0, 0.1) is 0 Å². The van der Waals surface area contributed by atoms with Gasteiger partial charge < -0.3 is 10.1 Å². The Morgan fingerprint density at radius 3 is 2.29 bits per heavy atom. The van der Waals surface area contributed by atoms with E-state index in [1.807, 2.05) is 14.0 Å². The molecule has 0 aliphatic carbocycles. The van der Waals surface area contributed by atoms with E-state index >= 15 is 0 Å². The Balaban J connectivity index is 4.14. The summed E-state index contributed by atoms with van der Waals surface area (Å²) >= 11 is 0. The maximum absolute atomic E-state index is 11.0. The molecule has 0 aromatic carbocycles. The second-order valence-corrected chi connectivity index (χ2v) is 5.76. The number of hydrogen-bond donors (Lipinski definition) is 1. The zero-order valence-electron chi connectivity index (χ0n) is 9.41. The zero-order valence-corrected chi connectivity index (χ0v) is 10.2. The Morgan fingerprint density at radius 2 is 2.00 bits per heavy atom. The molecule has 0 aromatic heterocycles. The van der Waals surface area contributed by atoms with Gasteiger partial charge in [-0.05, 0) is 19.9 Å². The second-order valence-electron chi connectivity index (χ2n) is 3.50. The fourth-order valence-electron chi connectivity index (χ4n) is 1.47. The van der Waals surface area contributed by atoms with Crippen molar-refractivity contribution in [2.75, 3.05) is 26.2 Å². The monoisotopic (exact) mass is 223 g/mol. The third kappa shape index (κ3) is 5.57. The molecule has 0 bridgehead atoms. The molecule has 1 N–H and O–H groups in total. The summed E-state index contributed by atoms with van der Waals surface area (Å²) in [6, 6.07) is 0.111. The van der Waals surface area contributed by atoms with Crippen molar-refractivity contribution in [3.8, 4) is 0 Å². The van der Waals surface area contributed by atoms with Gasteiger partial charge >= 0.3 is 0 Å². The van der Waals surface area contributed by atoms with Crippen LogP contribution in [0.3, 0.4) is 0 Å². The molecule has 14 heavy (non-hydrogen) atoms. The van der Waals surface area contributed by atoms with Crippen molar-refractivity contribution in [1.29, 1.82) is 0 Å². The smallest absolute Gasteiger partial charge is 0.147 e. The first-order valence-corrected chi connectivity index (χ1v) is 6.88. The third-order valence-corrected chi connectivity index (χ3v) is 3.30. The highest BCUT2D eigenvalue weighted by Gasteiger charge is 2.19. The summed E-state index contributed by atoms with van der Waals surface area (Å²) in [4.78, 5) is 0. The molecule has 0 rings (SSSR count). The first-order valence-electron chi connectivity index (χ1n) is 4.82. The molecule has 0 spiro atoms. The van der Waals surface area contributed by atoms with Crippen LogP contribution < -0.4 is 5.32 Å². The summed E-state index contributed by atoms with van der Waals surface area (Å²) < 4.78 is 27.2. The number of methoxy groups -OCH3 is 1. The number of hydrogen-bond acceptors (Lipinski definition) is 4. The Kier molecular flexibility index (Phi) is 6.31. The molecule has 0 saturated carbocycles. The Morgan fingerprint density at radius 1 is 1.43 bits per heavy atom. The van der Waals surface area contributed by atoms with Crippen LogP contribution in [0.2, 0.25) is 0 Å². The van der Waals surface area contributed by atoms with E-state index in [0.717, 1.165) is 6.42 Å². The van der Waals surface area contributed by atoms with Crippen LogP contribution >= 0.6 is 0 Å². The van der Waals surface area contributed by atoms with E-state index in [9.17, 15) is 8.42 Å². The van der Waals surface area contributed by atoms with E-state index in [1.54, 1.807) is 7.11 Å². The molecule has 86 valence electrons. The number of nitrogens with one attached hydrogen (secondary N) is 1. The van der Waals surface area contributed by atoms with Crippen molar-refractivity contribution in [1.82, 2.24) is 5.32 Å². The molecule has 0 aliphatic rings. The van der Waals surface area contributed by atoms with E-state index in [0.29, 0.717) is 6.42 Å². The van der Waals surface area contributed by atoms with Crippen LogP contribution in [0.1, 0.15) is 19.8 Å². The lowest BCUT2D eigenvalue weighted by atomic mass is 10.1. The van der Waals surface area contributed by atoms with Gasteiger partial charge in [-0.1, -0.05) is 6.92 Å². The van der Waals surface area contributed by atoms with Crippen molar-refractivity contribution in [3.05, 3.63) is 0 Å². The molecule has 0 saturated heterocycles. The maximum Gasteiger partial charge on any atom is 0.147 e. The summed E-state index contributed by atoms with van der Waals surface area (Å²) in [5.41, 5.74) is 0. The minimum atomic E-state index is -2.87. The molecule has 5 heteroatoms. The van der Waals surface area contributed by atoms with Gasteiger partial charge in [0.05, 0.1) is 11.9 Å². The second kappa shape index (κ2) is 6.37. The molecular weight excluding hydrogens is 202 g/mol. The minimum Gasteiger partial charge on any atom is -0.380 e. The van der Waals surface area contributed by atoms with E-state index < -0.39 is 9.84 Å². The highest BCUT2D eigenvalue weighted by molar-refractivity contribution is 7.90. The molecule has 0 aliphatic heterocycles. The van der Waals surface area contributed by atoms with Gasteiger partial charge in [-0.15, -0.1) is 0 Å².